The molecule has 9 heteroatoms. The largest absolute Gasteiger partial charge is 0.454 e. The van der Waals surface area contributed by atoms with E-state index < -0.39 is 6.04 Å². The van der Waals surface area contributed by atoms with Crippen molar-refractivity contribution in [2.45, 2.75) is 25.6 Å². The highest BCUT2D eigenvalue weighted by atomic mass is 32.1. The summed E-state index contributed by atoms with van der Waals surface area (Å²) in [7, 11) is 2.14. The molecule has 1 atom stereocenters. The summed E-state index contributed by atoms with van der Waals surface area (Å²) in [6.45, 7) is 2.52. The van der Waals surface area contributed by atoms with E-state index in [4.69, 9.17) is 9.47 Å². The first-order valence-electron chi connectivity index (χ1n) is 12.3. The summed E-state index contributed by atoms with van der Waals surface area (Å²) in [6.07, 6.45) is 3.02. The van der Waals surface area contributed by atoms with E-state index in [0.717, 1.165) is 35.8 Å². The molecule has 2 aromatic heterocycles. The molecule has 188 valence electrons. The fourth-order valence-electron chi connectivity index (χ4n) is 5.52. The summed E-state index contributed by atoms with van der Waals surface area (Å²) in [5.74, 6) is 0.964. The minimum absolute atomic E-state index is 0.170. The Morgan fingerprint density at radius 2 is 1.89 bits per heavy atom. The number of nitrogens with one attached hydrogen (secondary N) is 1. The lowest BCUT2D eigenvalue weighted by Gasteiger charge is -2.32. The summed E-state index contributed by atoms with van der Waals surface area (Å²) in [4.78, 5) is 19.6. The van der Waals surface area contributed by atoms with E-state index >= 15 is 0 Å². The van der Waals surface area contributed by atoms with Gasteiger partial charge in [-0.05, 0) is 61.0 Å². The topological polar surface area (TPSA) is 59.0 Å². The maximum absolute atomic E-state index is 14.0. The average Bonchev–Trinajstić information content (AvgIpc) is 3.61. The van der Waals surface area contributed by atoms with Crippen LogP contribution in [0.5, 0.6) is 11.5 Å². The van der Waals surface area contributed by atoms with Gasteiger partial charge >= 0.3 is 6.03 Å². The van der Waals surface area contributed by atoms with Gasteiger partial charge in [0.25, 0.3) is 0 Å². The summed E-state index contributed by atoms with van der Waals surface area (Å²) < 4.78 is 27.0. The molecule has 0 bridgehead atoms. The van der Waals surface area contributed by atoms with Crippen LogP contribution in [0.1, 0.15) is 33.3 Å². The van der Waals surface area contributed by atoms with Crippen LogP contribution in [0, 0.1) is 5.82 Å². The van der Waals surface area contributed by atoms with Gasteiger partial charge in [-0.25, -0.2) is 9.18 Å². The molecule has 2 amide bonds. The Kier molecular flexibility index (Phi) is 5.23. The first-order valence-corrected chi connectivity index (χ1v) is 13.1. The molecule has 4 aromatic rings. The van der Waals surface area contributed by atoms with Crippen LogP contribution in [0.3, 0.4) is 0 Å². The quantitative estimate of drug-likeness (QED) is 0.381. The van der Waals surface area contributed by atoms with Crippen LogP contribution in [-0.4, -0.2) is 40.8 Å². The summed E-state index contributed by atoms with van der Waals surface area (Å²) in [5.41, 5.74) is 4.99. The zero-order chi connectivity index (χ0) is 25.1. The van der Waals surface area contributed by atoms with Gasteiger partial charge in [0.15, 0.2) is 11.5 Å². The Morgan fingerprint density at radius 1 is 1.05 bits per heavy atom. The molecule has 0 saturated heterocycles. The predicted octanol–water partition coefficient (Wildman–Crippen LogP) is 5.53. The Morgan fingerprint density at radius 3 is 2.76 bits per heavy atom. The molecular formula is C28H25FN4O3S. The number of rotatable bonds is 2. The van der Waals surface area contributed by atoms with Crippen LogP contribution in [0.4, 0.5) is 14.9 Å². The van der Waals surface area contributed by atoms with Gasteiger partial charge in [0.2, 0.25) is 6.79 Å². The fourth-order valence-corrected chi connectivity index (χ4v) is 6.96. The zero-order valence-electron chi connectivity index (χ0n) is 20.2. The van der Waals surface area contributed by atoms with E-state index in [0.29, 0.717) is 23.7 Å². The molecule has 7 nitrogen and oxygen atoms in total. The number of anilines is 1. The molecule has 7 rings (SSSR count). The van der Waals surface area contributed by atoms with Crippen molar-refractivity contribution in [1.82, 2.24) is 14.4 Å². The minimum atomic E-state index is -0.397. The fraction of sp³-hybridized carbons (Fsp3) is 0.250. The maximum Gasteiger partial charge on any atom is 0.322 e. The number of benzene rings is 2. The summed E-state index contributed by atoms with van der Waals surface area (Å²) in [6, 6.07) is 15.3. The molecule has 0 fully saturated rings. The third kappa shape index (κ3) is 3.77. The Hall–Kier alpha value is -3.82. The van der Waals surface area contributed by atoms with Gasteiger partial charge in [-0.3, -0.25) is 0 Å². The Labute approximate surface area is 217 Å². The zero-order valence-corrected chi connectivity index (χ0v) is 21.1. The Bertz CT molecular complexity index is 1510. The van der Waals surface area contributed by atoms with Crippen molar-refractivity contribution in [2.75, 3.05) is 25.7 Å². The highest BCUT2D eigenvalue weighted by Gasteiger charge is 2.36. The van der Waals surface area contributed by atoms with Crippen molar-refractivity contribution >= 4 is 23.1 Å². The number of ether oxygens (including phenoxy) is 2. The lowest BCUT2D eigenvalue weighted by Crippen LogP contribution is -2.38. The lowest BCUT2D eigenvalue weighted by atomic mass is 10.0. The first kappa shape index (κ1) is 22.4. The van der Waals surface area contributed by atoms with Gasteiger partial charge < -0.3 is 29.2 Å². The average molecular weight is 517 g/mol. The molecule has 2 aromatic carbocycles. The van der Waals surface area contributed by atoms with Crippen LogP contribution in [0.25, 0.3) is 5.00 Å². The first-order chi connectivity index (χ1) is 18.0. The van der Waals surface area contributed by atoms with Crippen molar-refractivity contribution < 1.29 is 18.7 Å². The molecule has 0 unspecified atom stereocenters. The van der Waals surface area contributed by atoms with E-state index in [1.54, 1.807) is 35.6 Å². The number of hydrogen-bond donors (Lipinski definition) is 1. The molecule has 3 aliphatic rings. The van der Waals surface area contributed by atoms with Gasteiger partial charge in [0.1, 0.15) is 10.8 Å². The number of thiophene rings is 1. The monoisotopic (exact) mass is 516 g/mol. The number of urea groups is 1. The van der Waals surface area contributed by atoms with Crippen molar-refractivity contribution in [3.8, 4) is 16.5 Å². The molecular weight excluding hydrogens is 491 g/mol. The van der Waals surface area contributed by atoms with E-state index in [-0.39, 0.29) is 18.6 Å². The molecule has 1 N–H and O–H groups in total. The van der Waals surface area contributed by atoms with E-state index in [1.807, 2.05) is 17.0 Å². The smallest absolute Gasteiger partial charge is 0.322 e. The number of nitrogens with zero attached hydrogens (tertiary/aromatic N) is 3. The number of hydrogen-bond acceptors (Lipinski definition) is 5. The number of amides is 2. The highest BCUT2D eigenvalue weighted by molar-refractivity contribution is 7.15. The molecule has 3 aliphatic heterocycles. The minimum Gasteiger partial charge on any atom is -0.454 e. The second-order valence-electron chi connectivity index (χ2n) is 9.66. The van der Waals surface area contributed by atoms with Crippen molar-refractivity contribution in [3.63, 3.8) is 0 Å². The van der Waals surface area contributed by atoms with Gasteiger partial charge in [0, 0.05) is 41.5 Å². The summed E-state index contributed by atoms with van der Waals surface area (Å²) >= 11 is 1.81. The third-order valence-corrected chi connectivity index (χ3v) is 8.58. The molecule has 0 saturated carbocycles. The van der Waals surface area contributed by atoms with Gasteiger partial charge in [-0.15, -0.1) is 11.3 Å². The van der Waals surface area contributed by atoms with Crippen molar-refractivity contribution in [1.29, 1.82) is 0 Å². The third-order valence-electron chi connectivity index (χ3n) is 7.33. The van der Waals surface area contributed by atoms with Gasteiger partial charge in [-0.2, -0.15) is 0 Å². The van der Waals surface area contributed by atoms with Gasteiger partial charge in [-0.1, -0.05) is 12.1 Å². The van der Waals surface area contributed by atoms with E-state index in [2.05, 4.69) is 34.1 Å². The second kappa shape index (κ2) is 8.64. The maximum atomic E-state index is 14.0. The number of halogens is 1. The van der Waals surface area contributed by atoms with Gasteiger partial charge in [0.05, 0.1) is 18.3 Å². The predicted molar refractivity (Wildman–Crippen MR) is 139 cm³/mol. The standard InChI is InChI=1S/C28H25FN4O3S/c1-31-12-10-20-21-14-33(28(34)30-19-8-9-23-24(13-19)36-16-35-23)26(17-4-6-18(29)7-5-17)22-3-2-11-32(22)27(21)37-25(20)15-31/h2-9,11,13,26H,10,12,14-16H2,1H3,(H,30,34)/t26-/m1/s1. The number of likely N-dealkylation sites (N-methyl/N-ethyl adjacent to an activating group) is 1. The van der Waals surface area contributed by atoms with E-state index in [9.17, 15) is 9.18 Å². The van der Waals surface area contributed by atoms with Crippen LogP contribution in [-0.2, 0) is 19.5 Å². The molecule has 0 aliphatic carbocycles. The van der Waals surface area contributed by atoms with Crippen LogP contribution in [0.15, 0.2) is 60.8 Å². The van der Waals surface area contributed by atoms with Crippen LogP contribution in [0.2, 0.25) is 0 Å². The Balaban J connectivity index is 1.34. The van der Waals surface area contributed by atoms with Crippen molar-refractivity contribution in [3.05, 3.63) is 93.9 Å². The molecule has 0 spiro atoms. The van der Waals surface area contributed by atoms with Crippen molar-refractivity contribution in [2.24, 2.45) is 0 Å². The normalized spacial score (nSPS) is 18.1. The lowest BCUT2D eigenvalue weighted by molar-refractivity contribution is 0.174. The molecule has 0 radical (unpaired) electrons. The number of carbonyl (C=O) groups excluding carboxylic acids is 1. The van der Waals surface area contributed by atoms with Crippen LogP contribution >= 0.6 is 11.3 Å². The van der Waals surface area contributed by atoms with Crippen LogP contribution < -0.4 is 14.8 Å². The number of fused-ring (bicyclic) bond motifs is 6. The number of carbonyl (C=O) groups is 1. The summed E-state index contributed by atoms with van der Waals surface area (Å²) in [5, 5.41) is 4.23. The molecule has 5 heterocycles. The highest BCUT2D eigenvalue weighted by Crippen LogP contribution is 2.44. The SMILES string of the molecule is CN1CCc2c(sc3c2CN(C(=O)Nc2ccc4c(c2)OCO4)[C@H](c2ccc(F)cc2)c2cccn2-3)C1. The number of aromatic nitrogens is 1. The molecule has 37 heavy (non-hydrogen) atoms. The van der Waals surface area contributed by atoms with E-state index in [1.165, 1.54) is 28.1 Å². The second-order valence-corrected chi connectivity index (χ2v) is 10.7.